The number of carbonyl (C=O) groups is 1. The summed E-state index contributed by atoms with van der Waals surface area (Å²) < 4.78 is 5.10. The summed E-state index contributed by atoms with van der Waals surface area (Å²) in [5.74, 6) is 0.125. The van der Waals surface area contributed by atoms with E-state index in [-0.39, 0.29) is 10.9 Å². The van der Waals surface area contributed by atoms with E-state index in [1.165, 1.54) is 19.5 Å². The average molecular weight is 287 g/mol. The number of hydrogen-bond donors (Lipinski definition) is 2. The highest BCUT2D eigenvalue weighted by Crippen LogP contribution is 2.18. The Balaban J connectivity index is 2.23. The fraction of sp³-hybridized carbons (Fsp3) is 0.0714. The molecule has 0 unspecified atom stereocenters. The second kappa shape index (κ2) is 6.12. The second-order valence-corrected chi connectivity index (χ2v) is 4.41. The number of aromatic nitrogens is 1. The molecule has 1 aromatic heterocycles. The lowest BCUT2D eigenvalue weighted by Gasteiger charge is -2.09. The first kappa shape index (κ1) is 14.0. The molecule has 0 atom stereocenters. The Hall–Kier alpha value is -2.47. The lowest BCUT2D eigenvalue weighted by atomic mass is 10.2. The molecule has 0 saturated heterocycles. The zero-order valence-electron chi connectivity index (χ0n) is 10.8. The van der Waals surface area contributed by atoms with Crippen LogP contribution in [0.2, 0.25) is 0 Å². The standard InChI is InChI=1S/C14H13N3O2S/c1-19-12-8-16-6-5-11(12)14(18)17-10-4-2-3-9(7-10)13(15)20/h2-8H,1H3,(H2,15,20)(H,17,18). The van der Waals surface area contributed by atoms with Crippen LogP contribution in [0.3, 0.4) is 0 Å². The van der Waals surface area contributed by atoms with Gasteiger partial charge in [0.1, 0.15) is 10.7 Å². The molecule has 0 spiro atoms. The van der Waals surface area contributed by atoms with E-state index in [0.29, 0.717) is 22.6 Å². The van der Waals surface area contributed by atoms with E-state index in [4.69, 9.17) is 22.7 Å². The molecule has 0 saturated carbocycles. The Morgan fingerprint density at radius 1 is 1.40 bits per heavy atom. The Kier molecular flexibility index (Phi) is 4.27. The number of anilines is 1. The van der Waals surface area contributed by atoms with Gasteiger partial charge in [0.05, 0.1) is 18.9 Å². The minimum atomic E-state index is -0.288. The highest BCUT2D eigenvalue weighted by molar-refractivity contribution is 7.80. The molecule has 5 nitrogen and oxygen atoms in total. The Bertz CT molecular complexity index is 658. The van der Waals surface area contributed by atoms with Crippen molar-refractivity contribution in [1.82, 2.24) is 4.98 Å². The molecular weight excluding hydrogens is 274 g/mol. The van der Waals surface area contributed by atoms with Crippen molar-refractivity contribution < 1.29 is 9.53 Å². The van der Waals surface area contributed by atoms with Gasteiger partial charge in [-0.1, -0.05) is 24.4 Å². The van der Waals surface area contributed by atoms with Crippen molar-refractivity contribution in [3.8, 4) is 5.75 Å². The van der Waals surface area contributed by atoms with Gasteiger partial charge in [-0.05, 0) is 18.2 Å². The van der Waals surface area contributed by atoms with Crippen molar-refractivity contribution in [2.45, 2.75) is 0 Å². The molecule has 0 bridgehead atoms. The Morgan fingerprint density at radius 2 is 2.20 bits per heavy atom. The summed E-state index contributed by atoms with van der Waals surface area (Å²) in [6, 6.07) is 8.62. The third-order valence-electron chi connectivity index (χ3n) is 2.65. The molecule has 1 aromatic carbocycles. The molecule has 102 valence electrons. The zero-order valence-corrected chi connectivity index (χ0v) is 11.6. The summed E-state index contributed by atoms with van der Waals surface area (Å²) in [6.07, 6.45) is 3.02. The largest absolute Gasteiger partial charge is 0.494 e. The fourth-order valence-electron chi connectivity index (χ4n) is 1.68. The van der Waals surface area contributed by atoms with Crippen LogP contribution in [-0.2, 0) is 0 Å². The van der Waals surface area contributed by atoms with Crippen LogP contribution in [0.5, 0.6) is 5.75 Å². The first-order valence-electron chi connectivity index (χ1n) is 5.81. The first-order valence-corrected chi connectivity index (χ1v) is 6.22. The second-order valence-electron chi connectivity index (χ2n) is 3.98. The van der Waals surface area contributed by atoms with Crippen molar-refractivity contribution in [2.24, 2.45) is 5.73 Å². The number of nitrogens with one attached hydrogen (secondary N) is 1. The molecule has 1 amide bonds. The highest BCUT2D eigenvalue weighted by atomic mass is 32.1. The number of thiocarbonyl (C=S) groups is 1. The predicted octanol–water partition coefficient (Wildman–Crippen LogP) is 1.98. The summed E-state index contributed by atoms with van der Waals surface area (Å²) in [5, 5.41) is 2.77. The Morgan fingerprint density at radius 3 is 2.90 bits per heavy atom. The maximum atomic E-state index is 12.2. The van der Waals surface area contributed by atoms with Gasteiger partial charge in [0.15, 0.2) is 0 Å². The molecule has 0 aliphatic rings. The van der Waals surface area contributed by atoms with E-state index >= 15 is 0 Å². The average Bonchev–Trinajstić information content (AvgIpc) is 2.47. The van der Waals surface area contributed by atoms with Gasteiger partial charge >= 0.3 is 0 Å². The van der Waals surface area contributed by atoms with Crippen molar-refractivity contribution in [3.63, 3.8) is 0 Å². The van der Waals surface area contributed by atoms with Crippen molar-refractivity contribution in [3.05, 3.63) is 53.9 Å². The predicted molar refractivity (Wildman–Crippen MR) is 81.1 cm³/mol. The maximum Gasteiger partial charge on any atom is 0.259 e. The van der Waals surface area contributed by atoms with Gasteiger partial charge in [0.2, 0.25) is 0 Å². The van der Waals surface area contributed by atoms with Crippen molar-refractivity contribution in [1.29, 1.82) is 0 Å². The first-order chi connectivity index (χ1) is 9.61. The number of rotatable bonds is 4. The molecule has 0 radical (unpaired) electrons. The van der Waals surface area contributed by atoms with Crippen LogP contribution in [0.4, 0.5) is 5.69 Å². The normalized spacial score (nSPS) is 9.85. The van der Waals surface area contributed by atoms with Crippen LogP contribution in [0.15, 0.2) is 42.7 Å². The van der Waals surface area contributed by atoms with Crippen molar-refractivity contribution >= 4 is 28.8 Å². The van der Waals surface area contributed by atoms with Gasteiger partial charge in [-0.25, -0.2) is 0 Å². The third kappa shape index (κ3) is 3.10. The molecular formula is C14H13N3O2S. The maximum absolute atomic E-state index is 12.2. The number of nitrogens with zero attached hydrogens (tertiary/aromatic N) is 1. The summed E-state index contributed by atoms with van der Waals surface area (Å²) in [4.78, 5) is 16.4. The van der Waals surface area contributed by atoms with Crippen LogP contribution in [0.25, 0.3) is 0 Å². The van der Waals surface area contributed by atoms with E-state index in [1.807, 2.05) is 0 Å². The van der Waals surface area contributed by atoms with Gasteiger partial charge in [-0.3, -0.25) is 9.78 Å². The smallest absolute Gasteiger partial charge is 0.259 e. The van der Waals surface area contributed by atoms with Gasteiger partial charge < -0.3 is 15.8 Å². The van der Waals surface area contributed by atoms with E-state index in [9.17, 15) is 4.79 Å². The summed E-state index contributed by atoms with van der Waals surface area (Å²) in [6.45, 7) is 0. The summed E-state index contributed by atoms with van der Waals surface area (Å²) in [7, 11) is 1.49. The monoisotopic (exact) mass is 287 g/mol. The molecule has 2 aromatic rings. The molecule has 0 aliphatic heterocycles. The SMILES string of the molecule is COc1cnccc1C(=O)Nc1cccc(C(N)=S)c1. The summed E-state index contributed by atoms with van der Waals surface area (Å²) in [5.41, 5.74) is 7.27. The van der Waals surface area contributed by atoms with E-state index in [1.54, 1.807) is 30.3 Å². The molecule has 1 heterocycles. The molecule has 2 rings (SSSR count). The molecule has 3 N–H and O–H groups in total. The molecule has 0 fully saturated rings. The van der Waals surface area contributed by atoms with Crippen LogP contribution < -0.4 is 15.8 Å². The van der Waals surface area contributed by atoms with E-state index < -0.39 is 0 Å². The van der Waals surface area contributed by atoms with E-state index in [0.717, 1.165) is 0 Å². The van der Waals surface area contributed by atoms with Gasteiger partial charge in [-0.2, -0.15) is 0 Å². The van der Waals surface area contributed by atoms with Crippen LogP contribution in [-0.4, -0.2) is 23.0 Å². The van der Waals surface area contributed by atoms with Crippen LogP contribution >= 0.6 is 12.2 Å². The Labute approximate surface area is 121 Å². The number of benzene rings is 1. The number of carbonyl (C=O) groups excluding carboxylic acids is 1. The minimum Gasteiger partial charge on any atom is -0.494 e. The van der Waals surface area contributed by atoms with E-state index in [2.05, 4.69) is 10.3 Å². The lowest BCUT2D eigenvalue weighted by molar-refractivity contribution is 0.102. The van der Waals surface area contributed by atoms with Crippen LogP contribution in [0.1, 0.15) is 15.9 Å². The minimum absolute atomic E-state index is 0.280. The third-order valence-corrected chi connectivity index (χ3v) is 2.89. The summed E-state index contributed by atoms with van der Waals surface area (Å²) >= 11 is 4.91. The molecule has 6 heteroatoms. The topological polar surface area (TPSA) is 77.2 Å². The van der Waals surface area contributed by atoms with Gasteiger partial charge in [-0.15, -0.1) is 0 Å². The lowest BCUT2D eigenvalue weighted by Crippen LogP contribution is -2.14. The van der Waals surface area contributed by atoms with Crippen LogP contribution in [0, 0.1) is 0 Å². The number of amides is 1. The van der Waals surface area contributed by atoms with Gasteiger partial charge in [0, 0.05) is 17.4 Å². The quantitative estimate of drug-likeness (QED) is 0.841. The van der Waals surface area contributed by atoms with Crippen molar-refractivity contribution in [2.75, 3.05) is 12.4 Å². The highest BCUT2D eigenvalue weighted by Gasteiger charge is 2.12. The van der Waals surface area contributed by atoms with Gasteiger partial charge in [0.25, 0.3) is 5.91 Å². The zero-order chi connectivity index (χ0) is 14.5. The molecule has 0 aliphatic carbocycles. The fourth-order valence-corrected chi connectivity index (χ4v) is 1.81. The number of methoxy groups -OCH3 is 1. The number of hydrogen-bond acceptors (Lipinski definition) is 4. The number of ether oxygens (including phenoxy) is 1. The molecule has 20 heavy (non-hydrogen) atoms. The number of pyridine rings is 1. The number of nitrogens with two attached hydrogens (primary N) is 1.